The molecule has 0 saturated heterocycles. The SMILES string of the molecule is CCCCCCCC(=O)NCCCN(CCCC)CCCC. The summed E-state index contributed by atoms with van der Waals surface area (Å²) in [6.45, 7) is 11.1. The van der Waals surface area contributed by atoms with Crippen molar-refractivity contribution in [2.24, 2.45) is 0 Å². The summed E-state index contributed by atoms with van der Waals surface area (Å²) in [7, 11) is 0. The molecular weight excluding hydrogens is 272 g/mol. The van der Waals surface area contributed by atoms with Crippen LogP contribution in [0, 0.1) is 0 Å². The molecule has 0 aliphatic rings. The lowest BCUT2D eigenvalue weighted by Crippen LogP contribution is -2.31. The first-order valence-corrected chi connectivity index (χ1v) is 9.73. The molecule has 0 radical (unpaired) electrons. The number of nitrogens with zero attached hydrogens (tertiary/aromatic N) is 1. The summed E-state index contributed by atoms with van der Waals surface area (Å²) in [5.41, 5.74) is 0. The third-order valence-corrected chi connectivity index (χ3v) is 4.14. The second-order valence-corrected chi connectivity index (χ2v) is 6.42. The lowest BCUT2D eigenvalue weighted by atomic mass is 10.1. The van der Waals surface area contributed by atoms with Crippen LogP contribution in [0.4, 0.5) is 0 Å². The standard InChI is InChI=1S/C19H40N2O/c1-4-7-10-11-12-14-19(22)20-15-13-18-21(16-8-5-2)17-9-6-3/h4-18H2,1-3H3,(H,20,22). The third-order valence-electron chi connectivity index (χ3n) is 4.14. The number of carbonyl (C=O) groups is 1. The van der Waals surface area contributed by atoms with Gasteiger partial charge in [0.2, 0.25) is 5.91 Å². The Morgan fingerprint density at radius 3 is 1.86 bits per heavy atom. The number of amides is 1. The van der Waals surface area contributed by atoms with Gasteiger partial charge in [-0.2, -0.15) is 0 Å². The normalized spacial score (nSPS) is 11.1. The van der Waals surface area contributed by atoms with Gasteiger partial charge in [0.05, 0.1) is 0 Å². The van der Waals surface area contributed by atoms with Gasteiger partial charge < -0.3 is 10.2 Å². The first kappa shape index (κ1) is 21.4. The zero-order chi connectivity index (χ0) is 16.5. The summed E-state index contributed by atoms with van der Waals surface area (Å²) in [5, 5.41) is 3.08. The van der Waals surface area contributed by atoms with E-state index in [1.165, 1.54) is 64.5 Å². The minimum Gasteiger partial charge on any atom is -0.356 e. The van der Waals surface area contributed by atoms with Crippen molar-refractivity contribution in [1.29, 1.82) is 0 Å². The van der Waals surface area contributed by atoms with Crippen LogP contribution >= 0.6 is 0 Å². The molecule has 0 atom stereocenters. The summed E-state index contributed by atoms with van der Waals surface area (Å²) >= 11 is 0. The first-order chi connectivity index (χ1) is 10.7. The van der Waals surface area contributed by atoms with E-state index < -0.39 is 0 Å². The highest BCUT2D eigenvalue weighted by molar-refractivity contribution is 5.75. The summed E-state index contributed by atoms with van der Waals surface area (Å²) < 4.78 is 0. The molecule has 132 valence electrons. The van der Waals surface area contributed by atoms with Crippen molar-refractivity contribution in [3.63, 3.8) is 0 Å². The van der Waals surface area contributed by atoms with Crippen molar-refractivity contribution in [1.82, 2.24) is 10.2 Å². The molecule has 0 rings (SSSR count). The Hall–Kier alpha value is -0.570. The molecule has 1 N–H and O–H groups in total. The fourth-order valence-corrected chi connectivity index (χ4v) is 2.61. The van der Waals surface area contributed by atoms with E-state index in [4.69, 9.17) is 0 Å². The molecule has 0 heterocycles. The minimum absolute atomic E-state index is 0.241. The summed E-state index contributed by atoms with van der Waals surface area (Å²) in [4.78, 5) is 14.3. The zero-order valence-corrected chi connectivity index (χ0v) is 15.5. The van der Waals surface area contributed by atoms with Gasteiger partial charge in [-0.05, 0) is 45.3 Å². The third kappa shape index (κ3) is 14.4. The van der Waals surface area contributed by atoms with E-state index in [0.29, 0.717) is 6.42 Å². The Bertz CT molecular complexity index is 236. The van der Waals surface area contributed by atoms with Gasteiger partial charge in [-0.15, -0.1) is 0 Å². The molecule has 0 aromatic heterocycles. The van der Waals surface area contributed by atoms with Crippen LogP contribution in [0.1, 0.15) is 91.4 Å². The van der Waals surface area contributed by atoms with Gasteiger partial charge in [-0.25, -0.2) is 0 Å². The van der Waals surface area contributed by atoms with Crippen LogP contribution in [-0.4, -0.2) is 37.0 Å². The Balaban J connectivity index is 3.58. The Labute approximate surface area is 139 Å². The maximum absolute atomic E-state index is 11.7. The molecule has 0 fully saturated rings. The maximum Gasteiger partial charge on any atom is 0.219 e. The van der Waals surface area contributed by atoms with Crippen molar-refractivity contribution >= 4 is 5.91 Å². The number of hydrogen-bond donors (Lipinski definition) is 1. The molecule has 0 aromatic carbocycles. The van der Waals surface area contributed by atoms with Gasteiger partial charge in [0.1, 0.15) is 0 Å². The van der Waals surface area contributed by atoms with E-state index in [2.05, 4.69) is 31.0 Å². The van der Waals surface area contributed by atoms with Crippen LogP contribution in [0.3, 0.4) is 0 Å². The molecule has 0 aliphatic heterocycles. The highest BCUT2D eigenvalue weighted by Gasteiger charge is 2.04. The van der Waals surface area contributed by atoms with Crippen LogP contribution < -0.4 is 5.32 Å². The lowest BCUT2D eigenvalue weighted by molar-refractivity contribution is -0.121. The molecule has 0 saturated carbocycles. The quantitative estimate of drug-likeness (QED) is 0.417. The average Bonchev–Trinajstić information content (AvgIpc) is 2.53. The highest BCUT2D eigenvalue weighted by atomic mass is 16.1. The van der Waals surface area contributed by atoms with Gasteiger partial charge in [-0.3, -0.25) is 4.79 Å². The fraction of sp³-hybridized carbons (Fsp3) is 0.947. The second kappa shape index (κ2) is 16.8. The molecule has 0 spiro atoms. The molecule has 1 amide bonds. The van der Waals surface area contributed by atoms with Crippen molar-refractivity contribution in [2.45, 2.75) is 91.4 Å². The number of rotatable bonds is 16. The van der Waals surface area contributed by atoms with Crippen molar-refractivity contribution in [2.75, 3.05) is 26.2 Å². The predicted octanol–water partition coefficient (Wildman–Crippen LogP) is 4.76. The minimum atomic E-state index is 0.241. The number of hydrogen-bond acceptors (Lipinski definition) is 2. The largest absolute Gasteiger partial charge is 0.356 e. The van der Waals surface area contributed by atoms with E-state index in [1.54, 1.807) is 0 Å². The first-order valence-electron chi connectivity index (χ1n) is 9.73. The second-order valence-electron chi connectivity index (χ2n) is 6.42. The molecular formula is C19H40N2O. The highest BCUT2D eigenvalue weighted by Crippen LogP contribution is 2.05. The molecule has 0 unspecified atom stereocenters. The summed E-state index contributed by atoms with van der Waals surface area (Å²) in [6, 6.07) is 0. The van der Waals surface area contributed by atoms with Gasteiger partial charge >= 0.3 is 0 Å². The topological polar surface area (TPSA) is 32.3 Å². The van der Waals surface area contributed by atoms with Crippen LogP contribution in [0.2, 0.25) is 0 Å². The van der Waals surface area contributed by atoms with Crippen LogP contribution in [0.15, 0.2) is 0 Å². The van der Waals surface area contributed by atoms with E-state index in [1.807, 2.05) is 0 Å². The molecule has 0 bridgehead atoms. The predicted molar refractivity (Wildman–Crippen MR) is 97.3 cm³/mol. The summed E-state index contributed by atoms with van der Waals surface area (Å²) in [6.07, 6.45) is 13.0. The van der Waals surface area contributed by atoms with Crippen LogP contribution in [0.5, 0.6) is 0 Å². The smallest absolute Gasteiger partial charge is 0.219 e. The van der Waals surface area contributed by atoms with Crippen molar-refractivity contribution < 1.29 is 4.79 Å². The number of nitrogens with one attached hydrogen (secondary N) is 1. The Kier molecular flexibility index (Phi) is 16.4. The number of unbranched alkanes of at least 4 members (excludes halogenated alkanes) is 6. The van der Waals surface area contributed by atoms with E-state index in [0.717, 1.165) is 25.9 Å². The monoisotopic (exact) mass is 312 g/mol. The van der Waals surface area contributed by atoms with Gasteiger partial charge in [0.15, 0.2) is 0 Å². The Morgan fingerprint density at radius 2 is 1.27 bits per heavy atom. The van der Waals surface area contributed by atoms with Crippen LogP contribution in [0.25, 0.3) is 0 Å². The van der Waals surface area contributed by atoms with E-state index in [9.17, 15) is 4.79 Å². The van der Waals surface area contributed by atoms with E-state index in [-0.39, 0.29) is 5.91 Å². The average molecular weight is 313 g/mol. The number of carbonyl (C=O) groups excluding carboxylic acids is 1. The molecule has 0 aromatic rings. The van der Waals surface area contributed by atoms with Crippen molar-refractivity contribution in [3.8, 4) is 0 Å². The van der Waals surface area contributed by atoms with Gasteiger partial charge in [-0.1, -0.05) is 59.3 Å². The molecule has 22 heavy (non-hydrogen) atoms. The van der Waals surface area contributed by atoms with Gasteiger partial charge in [0, 0.05) is 13.0 Å². The molecule has 3 heteroatoms. The summed E-state index contributed by atoms with van der Waals surface area (Å²) in [5.74, 6) is 0.241. The molecule has 3 nitrogen and oxygen atoms in total. The fourth-order valence-electron chi connectivity index (χ4n) is 2.61. The van der Waals surface area contributed by atoms with Crippen LogP contribution in [-0.2, 0) is 4.79 Å². The van der Waals surface area contributed by atoms with Gasteiger partial charge in [0.25, 0.3) is 0 Å². The zero-order valence-electron chi connectivity index (χ0n) is 15.5. The van der Waals surface area contributed by atoms with E-state index >= 15 is 0 Å². The maximum atomic E-state index is 11.7. The van der Waals surface area contributed by atoms with Crippen molar-refractivity contribution in [3.05, 3.63) is 0 Å². The lowest BCUT2D eigenvalue weighted by Gasteiger charge is -2.21. The Morgan fingerprint density at radius 1 is 0.727 bits per heavy atom. The molecule has 0 aliphatic carbocycles.